The Kier molecular flexibility index (Phi) is 4.96. The molecule has 28 heavy (non-hydrogen) atoms. The van der Waals surface area contributed by atoms with Crippen molar-refractivity contribution in [3.63, 3.8) is 0 Å². The van der Waals surface area contributed by atoms with E-state index < -0.39 is 0 Å². The molecule has 0 radical (unpaired) electrons. The number of pyridine rings is 2. The van der Waals surface area contributed by atoms with E-state index in [1.165, 1.54) is 0 Å². The summed E-state index contributed by atoms with van der Waals surface area (Å²) in [4.78, 5) is 11.0. The summed E-state index contributed by atoms with van der Waals surface area (Å²) in [6, 6.07) is 11.4. The number of rotatable bonds is 4. The number of ether oxygens (including phenoxy) is 1. The Balaban J connectivity index is 1.69. The summed E-state index contributed by atoms with van der Waals surface area (Å²) >= 11 is 0. The highest BCUT2D eigenvalue weighted by molar-refractivity contribution is 5.98. The normalized spacial score (nSPS) is 15.3. The molecule has 0 spiro atoms. The highest BCUT2D eigenvalue weighted by Crippen LogP contribution is 2.35. The first-order valence-electron chi connectivity index (χ1n) is 9.29. The van der Waals surface area contributed by atoms with Crippen molar-refractivity contribution in [1.29, 1.82) is 5.26 Å². The van der Waals surface area contributed by atoms with Gasteiger partial charge in [0.25, 0.3) is 0 Å². The number of nitrogens with one attached hydrogen (secondary N) is 1. The van der Waals surface area contributed by atoms with Crippen LogP contribution in [0.15, 0.2) is 42.7 Å². The lowest BCUT2D eigenvalue weighted by Crippen LogP contribution is -2.35. The maximum Gasteiger partial charge on any atom is 0.144 e. The van der Waals surface area contributed by atoms with Gasteiger partial charge in [-0.3, -0.25) is 4.98 Å². The van der Waals surface area contributed by atoms with Gasteiger partial charge in [-0.15, -0.1) is 0 Å². The van der Waals surface area contributed by atoms with Gasteiger partial charge in [-0.2, -0.15) is 5.26 Å². The van der Waals surface area contributed by atoms with Crippen molar-refractivity contribution in [2.45, 2.75) is 18.9 Å². The number of hydrogen-bond donors (Lipinski definition) is 2. The van der Waals surface area contributed by atoms with Gasteiger partial charge in [0.2, 0.25) is 0 Å². The number of nitrogens with zero attached hydrogens (tertiary/aromatic N) is 4. The Hall–Kier alpha value is -3.37. The van der Waals surface area contributed by atoms with Crippen molar-refractivity contribution in [2.24, 2.45) is 0 Å². The third-order valence-corrected chi connectivity index (χ3v) is 5.00. The lowest BCUT2D eigenvalue weighted by atomic mass is 10.1. The largest absolute Gasteiger partial charge is 0.488 e. The molecule has 0 bridgehead atoms. The fourth-order valence-corrected chi connectivity index (χ4v) is 3.41. The number of nitriles is 1. The van der Waals surface area contributed by atoms with Gasteiger partial charge in [0.15, 0.2) is 0 Å². The van der Waals surface area contributed by atoms with Crippen molar-refractivity contribution < 1.29 is 4.74 Å². The second kappa shape index (κ2) is 7.71. The Morgan fingerprint density at radius 1 is 1.25 bits per heavy atom. The lowest BCUT2D eigenvalue weighted by molar-refractivity contribution is 0.115. The van der Waals surface area contributed by atoms with Gasteiger partial charge in [0, 0.05) is 36.9 Å². The molecule has 1 aliphatic heterocycles. The van der Waals surface area contributed by atoms with E-state index in [-0.39, 0.29) is 6.10 Å². The number of benzene rings is 1. The van der Waals surface area contributed by atoms with Crippen LogP contribution in [-0.2, 0) is 0 Å². The second-order valence-corrected chi connectivity index (χ2v) is 7.03. The second-order valence-electron chi connectivity index (χ2n) is 7.03. The van der Waals surface area contributed by atoms with E-state index in [1.54, 1.807) is 12.4 Å². The smallest absolute Gasteiger partial charge is 0.144 e. The molecule has 4 rings (SSSR count). The number of hydrogen-bond acceptors (Lipinski definition) is 7. The van der Waals surface area contributed by atoms with Crippen LogP contribution < -0.4 is 15.8 Å². The van der Waals surface area contributed by atoms with Crippen molar-refractivity contribution in [2.75, 3.05) is 31.2 Å². The number of piperidine rings is 1. The fraction of sp³-hybridized carbons (Fsp3) is 0.286. The predicted molar refractivity (Wildman–Crippen MR) is 110 cm³/mol. The summed E-state index contributed by atoms with van der Waals surface area (Å²) in [6.07, 6.45) is 5.35. The predicted octanol–water partition coefficient (Wildman–Crippen LogP) is 3.30. The maximum absolute atomic E-state index is 9.51. The highest BCUT2D eigenvalue weighted by Gasteiger charge is 2.20. The van der Waals surface area contributed by atoms with Gasteiger partial charge in [-0.1, -0.05) is 6.07 Å². The van der Waals surface area contributed by atoms with Crippen LogP contribution >= 0.6 is 0 Å². The van der Waals surface area contributed by atoms with Crippen molar-refractivity contribution in [3.05, 3.63) is 48.3 Å². The van der Waals surface area contributed by atoms with E-state index in [4.69, 9.17) is 10.5 Å². The number of likely N-dealkylation sites (tertiary alicyclic amines) is 1. The van der Waals surface area contributed by atoms with Crippen LogP contribution in [0.1, 0.15) is 18.4 Å². The van der Waals surface area contributed by atoms with Gasteiger partial charge in [0.1, 0.15) is 23.7 Å². The Labute approximate surface area is 163 Å². The average molecular weight is 374 g/mol. The molecule has 142 valence electrons. The van der Waals surface area contributed by atoms with Gasteiger partial charge >= 0.3 is 0 Å². The number of aromatic nitrogens is 2. The zero-order valence-corrected chi connectivity index (χ0v) is 15.7. The van der Waals surface area contributed by atoms with Gasteiger partial charge in [-0.25, -0.2) is 4.98 Å². The standard InChI is InChI=1S/C21H22N6O/c1-27-8-5-15(6-9-27)28-19-11-18-16(10-17(19)23)21(14(12-22)13-25-18)26-20-4-2-3-7-24-20/h2-4,7,10-11,13,15H,5-6,8-9,23H2,1H3,(H,24,25,26). The molecule has 1 fully saturated rings. The van der Waals surface area contributed by atoms with E-state index in [2.05, 4.69) is 33.3 Å². The molecule has 2 aromatic heterocycles. The van der Waals surface area contributed by atoms with Crippen LogP contribution in [0.4, 0.5) is 17.2 Å². The molecule has 3 aromatic rings. The summed E-state index contributed by atoms with van der Waals surface area (Å²) in [7, 11) is 2.12. The number of fused-ring (bicyclic) bond motifs is 1. The molecule has 7 nitrogen and oxygen atoms in total. The summed E-state index contributed by atoms with van der Waals surface area (Å²) in [5.74, 6) is 1.29. The third kappa shape index (κ3) is 3.68. The molecule has 1 saturated heterocycles. The van der Waals surface area contributed by atoms with Crippen LogP contribution in [-0.4, -0.2) is 41.1 Å². The summed E-state index contributed by atoms with van der Waals surface area (Å²) in [6.45, 7) is 2.03. The zero-order chi connectivity index (χ0) is 19.5. The minimum Gasteiger partial charge on any atom is -0.488 e. The summed E-state index contributed by atoms with van der Waals surface area (Å²) < 4.78 is 6.17. The molecule has 0 amide bonds. The monoisotopic (exact) mass is 374 g/mol. The molecule has 0 saturated carbocycles. The van der Waals surface area contributed by atoms with Crippen LogP contribution in [0.2, 0.25) is 0 Å². The molecular weight excluding hydrogens is 352 g/mol. The van der Waals surface area contributed by atoms with Crippen LogP contribution in [0.5, 0.6) is 5.75 Å². The minimum absolute atomic E-state index is 0.153. The van der Waals surface area contributed by atoms with Gasteiger partial charge in [0.05, 0.1) is 22.5 Å². The zero-order valence-electron chi connectivity index (χ0n) is 15.7. The number of nitrogens with two attached hydrogens (primary N) is 1. The molecule has 3 heterocycles. The van der Waals surface area contributed by atoms with Crippen molar-refractivity contribution in [3.8, 4) is 11.8 Å². The third-order valence-electron chi connectivity index (χ3n) is 5.00. The number of anilines is 3. The quantitative estimate of drug-likeness (QED) is 0.676. The maximum atomic E-state index is 9.51. The lowest BCUT2D eigenvalue weighted by Gasteiger charge is -2.29. The van der Waals surface area contributed by atoms with Crippen LogP contribution in [0.3, 0.4) is 0 Å². The van der Waals surface area contributed by atoms with Gasteiger partial charge in [-0.05, 0) is 38.1 Å². The average Bonchev–Trinajstić information content (AvgIpc) is 2.71. The summed E-state index contributed by atoms with van der Waals surface area (Å²) in [5.41, 5.74) is 8.62. The highest BCUT2D eigenvalue weighted by atomic mass is 16.5. The van der Waals surface area contributed by atoms with E-state index in [9.17, 15) is 5.26 Å². The van der Waals surface area contributed by atoms with E-state index >= 15 is 0 Å². The van der Waals surface area contributed by atoms with Crippen molar-refractivity contribution >= 4 is 28.1 Å². The first kappa shape index (κ1) is 18.0. The van der Waals surface area contributed by atoms with Crippen LogP contribution in [0, 0.1) is 11.3 Å². The van der Waals surface area contributed by atoms with E-state index in [0.717, 1.165) is 36.8 Å². The Morgan fingerprint density at radius 2 is 2.07 bits per heavy atom. The molecular formula is C21H22N6O. The molecule has 1 aliphatic rings. The fourth-order valence-electron chi connectivity index (χ4n) is 3.41. The number of nitrogen functional groups attached to an aromatic ring is 1. The van der Waals surface area contributed by atoms with E-state index in [1.807, 2.05) is 30.3 Å². The molecule has 3 N–H and O–H groups in total. The first-order valence-corrected chi connectivity index (χ1v) is 9.29. The Morgan fingerprint density at radius 3 is 2.79 bits per heavy atom. The molecule has 0 aliphatic carbocycles. The minimum atomic E-state index is 0.153. The SMILES string of the molecule is CN1CCC(Oc2cc3ncc(C#N)c(Nc4ccccn4)c3cc2N)CC1. The Bertz CT molecular complexity index is 1020. The van der Waals surface area contributed by atoms with Crippen molar-refractivity contribution in [1.82, 2.24) is 14.9 Å². The molecule has 1 aromatic carbocycles. The van der Waals surface area contributed by atoms with Crippen LogP contribution in [0.25, 0.3) is 10.9 Å². The topological polar surface area (TPSA) is 100 Å². The molecule has 7 heteroatoms. The summed E-state index contributed by atoms with van der Waals surface area (Å²) in [5, 5.41) is 13.5. The van der Waals surface area contributed by atoms with E-state index in [0.29, 0.717) is 28.5 Å². The first-order chi connectivity index (χ1) is 13.6. The van der Waals surface area contributed by atoms with Gasteiger partial charge < -0.3 is 20.7 Å². The molecule has 0 unspecified atom stereocenters. The molecule has 0 atom stereocenters.